The van der Waals surface area contributed by atoms with E-state index < -0.39 is 35.6 Å². The number of benzene rings is 2. The van der Waals surface area contributed by atoms with Gasteiger partial charge in [0.15, 0.2) is 0 Å². The van der Waals surface area contributed by atoms with Crippen LogP contribution in [0.5, 0.6) is 0 Å². The zero-order chi connectivity index (χ0) is 21.0. The summed E-state index contributed by atoms with van der Waals surface area (Å²) in [4.78, 5) is 37.5. The second-order valence-corrected chi connectivity index (χ2v) is 6.77. The van der Waals surface area contributed by atoms with E-state index in [0.29, 0.717) is 11.1 Å². The average molecular weight is 396 g/mol. The van der Waals surface area contributed by atoms with Crippen molar-refractivity contribution in [2.24, 2.45) is 5.10 Å². The fourth-order valence-electron chi connectivity index (χ4n) is 3.01. The Balaban J connectivity index is 1.67. The second kappa shape index (κ2) is 8.64. The molecule has 1 unspecified atom stereocenters. The maximum atomic E-state index is 13.2. The molecule has 0 saturated carbocycles. The van der Waals surface area contributed by atoms with Gasteiger partial charge in [-0.3, -0.25) is 14.4 Å². The molecule has 0 spiro atoms. The minimum absolute atomic E-state index is 0.0584. The zero-order valence-corrected chi connectivity index (χ0v) is 16.1. The number of nitrogens with one attached hydrogen (secondary N) is 2. The summed E-state index contributed by atoms with van der Waals surface area (Å²) in [7, 11) is 1.51. The standard InChI is InChI=1S/C21H21FN4O3/c1-13(24-18(27)11-14-6-5-8-16(22)10-14)20(28)25-19-17-9-4-3-7-15(17)12-23-26(2)21(19)29/h3-10,12-13,19H,11H2,1-2H3,(H,24,27)(H,25,28)/t13-,19?/m0/s1. The van der Waals surface area contributed by atoms with Crippen molar-refractivity contribution in [1.29, 1.82) is 0 Å². The number of rotatable bonds is 5. The molecule has 29 heavy (non-hydrogen) atoms. The smallest absolute Gasteiger partial charge is 0.269 e. The molecular formula is C21H21FN4O3. The summed E-state index contributed by atoms with van der Waals surface area (Å²) in [5.41, 5.74) is 1.84. The molecule has 2 aromatic rings. The third-order valence-electron chi connectivity index (χ3n) is 4.55. The highest BCUT2D eigenvalue weighted by Crippen LogP contribution is 2.22. The Hall–Kier alpha value is -3.55. The summed E-state index contributed by atoms with van der Waals surface area (Å²) in [6.45, 7) is 1.52. The summed E-state index contributed by atoms with van der Waals surface area (Å²) in [6.07, 6.45) is 1.50. The number of carbonyl (C=O) groups excluding carboxylic acids is 3. The van der Waals surface area contributed by atoms with Gasteiger partial charge >= 0.3 is 0 Å². The third kappa shape index (κ3) is 4.84. The Morgan fingerprint density at radius 1 is 1.21 bits per heavy atom. The molecule has 2 aromatic carbocycles. The first kappa shape index (κ1) is 20.2. The lowest BCUT2D eigenvalue weighted by molar-refractivity contribution is -0.136. The maximum absolute atomic E-state index is 13.2. The molecule has 0 fully saturated rings. The van der Waals surface area contributed by atoms with Crippen LogP contribution in [0.2, 0.25) is 0 Å². The number of hydrazone groups is 1. The van der Waals surface area contributed by atoms with Crippen LogP contribution >= 0.6 is 0 Å². The van der Waals surface area contributed by atoms with Gasteiger partial charge in [0.1, 0.15) is 17.9 Å². The zero-order valence-electron chi connectivity index (χ0n) is 16.1. The molecule has 2 N–H and O–H groups in total. The van der Waals surface area contributed by atoms with Crippen molar-refractivity contribution >= 4 is 23.9 Å². The number of likely N-dealkylation sites (N-methyl/N-ethyl adjacent to an activating group) is 1. The molecule has 1 aliphatic rings. The molecule has 7 nitrogen and oxygen atoms in total. The number of halogens is 1. The van der Waals surface area contributed by atoms with Crippen molar-refractivity contribution in [1.82, 2.24) is 15.6 Å². The van der Waals surface area contributed by atoms with E-state index in [4.69, 9.17) is 0 Å². The minimum Gasteiger partial charge on any atom is -0.344 e. The van der Waals surface area contributed by atoms with Gasteiger partial charge in [-0.25, -0.2) is 9.40 Å². The van der Waals surface area contributed by atoms with Crippen LogP contribution in [0.25, 0.3) is 0 Å². The molecule has 3 rings (SSSR count). The fraction of sp³-hybridized carbons (Fsp3) is 0.238. The van der Waals surface area contributed by atoms with Gasteiger partial charge in [0.2, 0.25) is 11.8 Å². The molecule has 3 amide bonds. The van der Waals surface area contributed by atoms with Crippen LogP contribution in [0, 0.1) is 5.82 Å². The predicted octanol–water partition coefficient (Wildman–Crippen LogP) is 1.54. The molecule has 150 valence electrons. The molecule has 0 aromatic heterocycles. The second-order valence-electron chi connectivity index (χ2n) is 6.77. The van der Waals surface area contributed by atoms with Crippen molar-refractivity contribution in [3.8, 4) is 0 Å². The Bertz CT molecular complexity index is 976. The van der Waals surface area contributed by atoms with Gasteiger partial charge in [-0.2, -0.15) is 5.10 Å². The van der Waals surface area contributed by atoms with Gasteiger partial charge in [0.05, 0.1) is 12.6 Å². The van der Waals surface area contributed by atoms with Crippen molar-refractivity contribution < 1.29 is 18.8 Å². The third-order valence-corrected chi connectivity index (χ3v) is 4.55. The monoisotopic (exact) mass is 396 g/mol. The highest BCUT2D eigenvalue weighted by atomic mass is 19.1. The van der Waals surface area contributed by atoms with Gasteiger partial charge < -0.3 is 10.6 Å². The van der Waals surface area contributed by atoms with Gasteiger partial charge in [-0.1, -0.05) is 36.4 Å². The summed E-state index contributed by atoms with van der Waals surface area (Å²) in [5.74, 6) is -1.76. The highest BCUT2D eigenvalue weighted by molar-refractivity contribution is 5.96. The van der Waals surface area contributed by atoms with Crippen LogP contribution in [-0.4, -0.2) is 42.0 Å². The lowest BCUT2D eigenvalue weighted by atomic mass is 10.00. The van der Waals surface area contributed by atoms with E-state index >= 15 is 0 Å². The van der Waals surface area contributed by atoms with E-state index in [1.165, 1.54) is 32.2 Å². The average Bonchev–Trinajstić information content (AvgIpc) is 2.80. The van der Waals surface area contributed by atoms with Gasteiger partial charge in [0, 0.05) is 12.6 Å². The lowest BCUT2D eigenvalue weighted by Crippen LogP contribution is -2.48. The number of carbonyl (C=O) groups is 3. The van der Waals surface area contributed by atoms with E-state index in [2.05, 4.69) is 15.7 Å². The summed E-state index contributed by atoms with van der Waals surface area (Å²) < 4.78 is 13.2. The summed E-state index contributed by atoms with van der Waals surface area (Å²) in [5, 5.41) is 10.5. The van der Waals surface area contributed by atoms with Crippen LogP contribution < -0.4 is 10.6 Å². The van der Waals surface area contributed by atoms with E-state index in [1.807, 2.05) is 6.07 Å². The van der Waals surface area contributed by atoms with Crippen molar-refractivity contribution in [2.75, 3.05) is 7.05 Å². The normalized spacial score (nSPS) is 16.6. The van der Waals surface area contributed by atoms with Gasteiger partial charge in [-0.05, 0) is 30.2 Å². The summed E-state index contributed by atoms with van der Waals surface area (Å²) in [6, 6.07) is 11.0. The van der Waals surface area contributed by atoms with Crippen LogP contribution in [0.3, 0.4) is 0 Å². The largest absolute Gasteiger partial charge is 0.344 e. The molecule has 0 bridgehead atoms. The van der Waals surface area contributed by atoms with Crippen molar-refractivity contribution in [2.45, 2.75) is 25.4 Å². The van der Waals surface area contributed by atoms with Crippen LogP contribution in [-0.2, 0) is 20.8 Å². The molecule has 0 aliphatic carbocycles. The maximum Gasteiger partial charge on any atom is 0.269 e. The quantitative estimate of drug-likeness (QED) is 0.803. The number of nitrogens with zero attached hydrogens (tertiary/aromatic N) is 2. The first-order chi connectivity index (χ1) is 13.8. The van der Waals surface area contributed by atoms with E-state index in [1.54, 1.807) is 30.5 Å². The molecule has 2 atom stereocenters. The van der Waals surface area contributed by atoms with Crippen LogP contribution in [0.15, 0.2) is 53.6 Å². The van der Waals surface area contributed by atoms with Gasteiger partial charge in [-0.15, -0.1) is 0 Å². The topological polar surface area (TPSA) is 90.9 Å². The van der Waals surface area contributed by atoms with Gasteiger partial charge in [0.25, 0.3) is 5.91 Å². The van der Waals surface area contributed by atoms with Crippen LogP contribution in [0.1, 0.15) is 29.7 Å². The SMILES string of the molecule is C[C@H](NC(=O)Cc1cccc(F)c1)C(=O)NC1C(=O)N(C)N=Cc2ccccc21. The van der Waals surface area contributed by atoms with Crippen LogP contribution in [0.4, 0.5) is 4.39 Å². The predicted molar refractivity (Wildman–Crippen MR) is 105 cm³/mol. The Morgan fingerprint density at radius 3 is 2.72 bits per heavy atom. The number of hydrogen-bond donors (Lipinski definition) is 2. The Morgan fingerprint density at radius 2 is 1.97 bits per heavy atom. The Labute approximate surface area is 167 Å². The molecule has 1 heterocycles. The van der Waals surface area contributed by atoms with Crippen molar-refractivity contribution in [3.63, 3.8) is 0 Å². The highest BCUT2D eigenvalue weighted by Gasteiger charge is 2.30. The van der Waals surface area contributed by atoms with Crippen molar-refractivity contribution in [3.05, 3.63) is 71.0 Å². The molecule has 0 saturated heterocycles. The molecule has 1 aliphatic heterocycles. The molecule has 0 radical (unpaired) electrons. The fourth-order valence-corrected chi connectivity index (χ4v) is 3.01. The summed E-state index contributed by atoms with van der Waals surface area (Å²) >= 11 is 0. The minimum atomic E-state index is -0.922. The van der Waals surface area contributed by atoms with E-state index in [9.17, 15) is 18.8 Å². The van der Waals surface area contributed by atoms with E-state index in [-0.39, 0.29) is 6.42 Å². The first-order valence-electron chi connectivity index (χ1n) is 9.10. The molecular weight excluding hydrogens is 375 g/mol. The van der Waals surface area contributed by atoms with E-state index in [0.717, 1.165) is 10.6 Å². The molecule has 8 heteroatoms. The number of amides is 3. The lowest BCUT2D eigenvalue weighted by Gasteiger charge is -2.22. The first-order valence-corrected chi connectivity index (χ1v) is 9.10. The number of hydrogen-bond acceptors (Lipinski definition) is 4. The Kier molecular flexibility index (Phi) is 6.01. The number of fused-ring (bicyclic) bond motifs is 1.